The third-order valence-corrected chi connectivity index (χ3v) is 3.63. The molecule has 0 saturated heterocycles. The molecule has 1 saturated carbocycles. The first-order valence-corrected chi connectivity index (χ1v) is 6.55. The summed E-state index contributed by atoms with van der Waals surface area (Å²) in [6, 6.07) is 0. The van der Waals surface area contributed by atoms with Crippen LogP contribution in [0.1, 0.15) is 46.0 Å². The molecule has 1 aliphatic rings. The molecule has 0 unspecified atom stereocenters. The fourth-order valence-electron chi connectivity index (χ4n) is 2.74. The Kier molecular flexibility index (Phi) is 5.62. The molecule has 0 aromatic rings. The van der Waals surface area contributed by atoms with E-state index in [0.717, 1.165) is 13.1 Å². The Labute approximate surface area is 95.4 Å². The maximum atomic E-state index is 3.39. The van der Waals surface area contributed by atoms with Gasteiger partial charge in [0.05, 0.1) is 0 Å². The minimum Gasteiger partial charge on any atom is -0.316 e. The molecule has 0 heterocycles. The maximum Gasteiger partial charge on any atom is 0.0104 e. The second kappa shape index (κ2) is 6.49. The van der Waals surface area contributed by atoms with Gasteiger partial charge in [0.15, 0.2) is 0 Å². The van der Waals surface area contributed by atoms with Crippen LogP contribution in [0.2, 0.25) is 0 Å². The van der Waals surface area contributed by atoms with Crippen LogP contribution >= 0.6 is 0 Å². The highest BCUT2D eigenvalue weighted by atomic mass is 15.1. The lowest BCUT2D eigenvalue weighted by Gasteiger charge is -2.37. The summed E-state index contributed by atoms with van der Waals surface area (Å²) in [6.45, 7) is 9.31. The van der Waals surface area contributed by atoms with Crippen LogP contribution in [0, 0.1) is 5.41 Å². The molecule has 0 spiro atoms. The molecule has 90 valence electrons. The Hall–Kier alpha value is -0.0800. The zero-order chi connectivity index (χ0) is 11.1. The fraction of sp³-hybridized carbons (Fsp3) is 1.00. The zero-order valence-electron chi connectivity index (χ0n) is 10.8. The predicted molar refractivity (Wildman–Crippen MR) is 67.2 cm³/mol. The summed E-state index contributed by atoms with van der Waals surface area (Å²) in [5.74, 6) is 0. The van der Waals surface area contributed by atoms with E-state index in [2.05, 4.69) is 31.1 Å². The molecule has 2 heteroatoms. The summed E-state index contributed by atoms with van der Waals surface area (Å²) in [7, 11) is 2.26. The maximum absolute atomic E-state index is 3.39. The van der Waals surface area contributed by atoms with Gasteiger partial charge in [0.25, 0.3) is 0 Å². The van der Waals surface area contributed by atoms with Gasteiger partial charge in [-0.25, -0.2) is 0 Å². The first kappa shape index (κ1) is 13.0. The van der Waals surface area contributed by atoms with E-state index in [0.29, 0.717) is 5.41 Å². The van der Waals surface area contributed by atoms with Crippen molar-refractivity contribution in [3.05, 3.63) is 0 Å². The normalized spacial score (nSPS) is 20.8. The average molecular weight is 212 g/mol. The van der Waals surface area contributed by atoms with E-state index < -0.39 is 0 Å². The Morgan fingerprint density at radius 3 is 2.47 bits per heavy atom. The Balaban J connectivity index is 2.20. The first-order chi connectivity index (χ1) is 7.16. The first-order valence-electron chi connectivity index (χ1n) is 6.55. The fourth-order valence-corrected chi connectivity index (χ4v) is 2.74. The number of hydrogen-bond acceptors (Lipinski definition) is 2. The lowest BCUT2D eigenvalue weighted by atomic mass is 9.75. The molecule has 0 aliphatic heterocycles. The quantitative estimate of drug-likeness (QED) is 0.681. The van der Waals surface area contributed by atoms with Crippen LogP contribution in [0.5, 0.6) is 0 Å². The van der Waals surface area contributed by atoms with Crippen LogP contribution in [0.25, 0.3) is 0 Å². The Morgan fingerprint density at radius 2 is 1.87 bits per heavy atom. The molecule has 1 aliphatic carbocycles. The van der Waals surface area contributed by atoms with E-state index in [9.17, 15) is 0 Å². The van der Waals surface area contributed by atoms with E-state index >= 15 is 0 Å². The van der Waals surface area contributed by atoms with Gasteiger partial charge in [-0.2, -0.15) is 0 Å². The van der Waals surface area contributed by atoms with Crippen LogP contribution in [-0.4, -0.2) is 38.1 Å². The van der Waals surface area contributed by atoms with Gasteiger partial charge in [-0.15, -0.1) is 0 Å². The Morgan fingerprint density at radius 1 is 1.20 bits per heavy atom. The molecule has 0 aromatic carbocycles. The van der Waals surface area contributed by atoms with E-state index in [4.69, 9.17) is 0 Å². The van der Waals surface area contributed by atoms with Crippen molar-refractivity contribution >= 4 is 0 Å². The van der Waals surface area contributed by atoms with Crippen LogP contribution in [-0.2, 0) is 0 Å². The molecule has 1 fully saturated rings. The summed E-state index contributed by atoms with van der Waals surface area (Å²) < 4.78 is 0. The van der Waals surface area contributed by atoms with Crippen LogP contribution < -0.4 is 5.32 Å². The number of nitrogens with zero attached hydrogens (tertiary/aromatic N) is 1. The van der Waals surface area contributed by atoms with E-state index in [1.54, 1.807) is 0 Å². The molecule has 0 radical (unpaired) electrons. The molecule has 15 heavy (non-hydrogen) atoms. The van der Waals surface area contributed by atoms with Gasteiger partial charge >= 0.3 is 0 Å². The minimum atomic E-state index is 0.596. The van der Waals surface area contributed by atoms with Gasteiger partial charge in [0, 0.05) is 19.6 Å². The van der Waals surface area contributed by atoms with E-state index in [-0.39, 0.29) is 0 Å². The number of rotatable bonds is 6. The van der Waals surface area contributed by atoms with Crippen LogP contribution in [0.4, 0.5) is 0 Å². The third-order valence-electron chi connectivity index (χ3n) is 3.63. The molecule has 2 nitrogen and oxygen atoms in total. The molecular formula is C13H28N2. The second-order valence-corrected chi connectivity index (χ2v) is 5.46. The lowest BCUT2D eigenvalue weighted by Crippen LogP contribution is -2.38. The molecule has 0 aromatic heterocycles. The molecule has 0 atom stereocenters. The van der Waals surface area contributed by atoms with Crippen molar-refractivity contribution in [2.24, 2.45) is 5.41 Å². The summed E-state index contributed by atoms with van der Waals surface area (Å²) in [4.78, 5) is 2.49. The molecule has 0 bridgehead atoms. The van der Waals surface area contributed by atoms with Crippen molar-refractivity contribution in [2.75, 3.05) is 33.2 Å². The SMILES string of the molecule is CCNCCN(C)CC1(C)CCCCC1. The van der Waals surface area contributed by atoms with E-state index in [1.165, 1.54) is 45.2 Å². The number of likely N-dealkylation sites (N-methyl/N-ethyl adjacent to an activating group) is 2. The monoisotopic (exact) mass is 212 g/mol. The van der Waals surface area contributed by atoms with Gasteiger partial charge in [0.1, 0.15) is 0 Å². The van der Waals surface area contributed by atoms with Crippen molar-refractivity contribution in [1.82, 2.24) is 10.2 Å². The van der Waals surface area contributed by atoms with Gasteiger partial charge in [-0.3, -0.25) is 0 Å². The summed E-state index contributed by atoms with van der Waals surface area (Å²) in [5, 5.41) is 3.39. The van der Waals surface area contributed by atoms with Gasteiger partial charge in [0.2, 0.25) is 0 Å². The topological polar surface area (TPSA) is 15.3 Å². The van der Waals surface area contributed by atoms with Gasteiger partial charge < -0.3 is 10.2 Å². The summed E-state index contributed by atoms with van der Waals surface area (Å²) in [5.41, 5.74) is 0.596. The molecule has 1 N–H and O–H groups in total. The molecule has 0 amide bonds. The van der Waals surface area contributed by atoms with E-state index in [1.807, 2.05) is 0 Å². The third kappa shape index (κ3) is 4.98. The Bertz CT molecular complexity index is 162. The van der Waals surface area contributed by atoms with Crippen molar-refractivity contribution < 1.29 is 0 Å². The predicted octanol–water partition coefficient (Wildman–Crippen LogP) is 2.50. The smallest absolute Gasteiger partial charge is 0.0104 e. The summed E-state index contributed by atoms with van der Waals surface area (Å²) in [6.07, 6.45) is 7.20. The zero-order valence-corrected chi connectivity index (χ0v) is 10.8. The van der Waals surface area contributed by atoms with Crippen molar-refractivity contribution in [3.63, 3.8) is 0 Å². The largest absolute Gasteiger partial charge is 0.316 e. The average Bonchev–Trinajstić information content (AvgIpc) is 2.18. The second-order valence-electron chi connectivity index (χ2n) is 5.46. The number of nitrogens with one attached hydrogen (secondary N) is 1. The highest BCUT2D eigenvalue weighted by Gasteiger charge is 2.27. The standard InChI is InChI=1S/C13H28N2/c1-4-14-10-11-15(3)12-13(2)8-6-5-7-9-13/h14H,4-12H2,1-3H3. The minimum absolute atomic E-state index is 0.596. The van der Waals surface area contributed by atoms with Crippen molar-refractivity contribution in [3.8, 4) is 0 Å². The van der Waals surface area contributed by atoms with Crippen molar-refractivity contribution in [1.29, 1.82) is 0 Å². The summed E-state index contributed by atoms with van der Waals surface area (Å²) >= 11 is 0. The molecule has 1 rings (SSSR count). The van der Waals surface area contributed by atoms with Crippen molar-refractivity contribution in [2.45, 2.75) is 46.0 Å². The lowest BCUT2D eigenvalue weighted by molar-refractivity contribution is 0.140. The van der Waals surface area contributed by atoms with Crippen LogP contribution in [0.15, 0.2) is 0 Å². The molecular weight excluding hydrogens is 184 g/mol. The van der Waals surface area contributed by atoms with Crippen LogP contribution in [0.3, 0.4) is 0 Å². The van der Waals surface area contributed by atoms with Gasteiger partial charge in [-0.1, -0.05) is 33.1 Å². The highest BCUT2D eigenvalue weighted by Crippen LogP contribution is 2.35. The van der Waals surface area contributed by atoms with Gasteiger partial charge in [-0.05, 0) is 31.8 Å². The number of hydrogen-bond donors (Lipinski definition) is 1. The highest BCUT2D eigenvalue weighted by molar-refractivity contribution is 4.81.